The SMILES string of the molecule is C[C@@H]1OC(C)(C)O[C@@H]1C=C(Br)Br. The molecule has 0 saturated carbocycles. The zero-order valence-corrected chi connectivity index (χ0v) is 10.5. The van der Waals surface area contributed by atoms with E-state index in [0.29, 0.717) is 0 Å². The van der Waals surface area contributed by atoms with E-state index in [-0.39, 0.29) is 12.2 Å². The highest BCUT2D eigenvalue weighted by Crippen LogP contribution is 2.30. The van der Waals surface area contributed by atoms with E-state index in [0.717, 1.165) is 3.39 Å². The number of rotatable bonds is 1. The minimum absolute atomic E-state index is 0.0220. The maximum absolute atomic E-state index is 5.61. The van der Waals surface area contributed by atoms with Crippen LogP contribution in [-0.2, 0) is 9.47 Å². The summed E-state index contributed by atoms with van der Waals surface area (Å²) in [6, 6.07) is 0. The van der Waals surface area contributed by atoms with E-state index in [1.807, 2.05) is 26.8 Å². The van der Waals surface area contributed by atoms with E-state index in [2.05, 4.69) is 31.9 Å². The normalized spacial score (nSPS) is 33.4. The van der Waals surface area contributed by atoms with Gasteiger partial charge < -0.3 is 9.47 Å². The molecule has 4 heteroatoms. The predicted octanol–water partition coefficient (Wildman–Crippen LogP) is 3.16. The van der Waals surface area contributed by atoms with Gasteiger partial charge in [0, 0.05) is 0 Å². The molecule has 1 aliphatic heterocycles. The van der Waals surface area contributed by atoms with Gasteiger partial charge in [-0.15, -0.1) is 0 Å². The van der Waals surface area contributed by atoms with Crippen molar-refractivity contribution >= 4 is 31.9 Å². The van der Waals surface area contributed by atoms with Crippen LogP contribution in [0.25, 0.3) is 0 Å². The van der Waals surface area contributed by atoms with Gasteiger partial charge in [-0.25, -0.2) is 0 Å². The van der Waals surface area contributed by atoms with E-state index in [1.165, 1.54) is 0 Å². The minimum atomic E-state index is -0.462. The van der Waals surface area contributed by atoms with Gasteiger partial charge in [0.1, 0.15) is 6.10 Å². The zero-order chi connectivity index (χ0) is 9.35. The standard InChI is InChI=1S/C8H12Br2O2/c1-5-6(4-7(9)10)12-8(2,3)11-5/h4-6H,1-3H3/t5-,6+/m0/s1. The Balaban J connectivity index is 2.65. The summed E-state index contributed by atoms with van der Waals surface area (Å²) in [7, 11) is 0. The second-order valence-corrected chi connectivity index (χ2v) is 6.03. The first-order chi connectivity index (χ1) is 5.41. The summed E-state index contributed by atoms with van der Waals surface area (Å²) in [5.41, 5.74) is 0. The van der Waals surface area contributed by atoms with Gasteiger partial charge in [0.2, 0.25) is 0 Å². The third-order valence-electron chi connectivity index (χ3n) is 1.64. The molecule has 2 atom stereocenters. The van der Waals surface area contributed by atoms with Crippen molar-refractivity contribution in [1.82, 2.24) is 0 Å². The molecule has 12 heavy (non-hydrogen) atoms. The van der Waals surface area contributed by atoms with Crippen LogP contribution in [0.3, 0.4) is 0 Å². The molecule has 2 nitrogen and oxygen atoms in total. The lowest BCUT2D eigenvalue weighted by molar-refractivity contribution is -0.141. The molecule has 1 saturated heterocycles. The van der Waals surface area contributed by atoms with Gasteiger partial charge in [0.15, 0.2) is 5.79 Å². The second-order valence-electron chi connectivity index (χ2n) is 3.26. The van der Waals surface area contributed by atoms with Crippen LogP contribution in [-0.4, -0.2) is 18.0 Å². The first kappa shape index (κ1) is 10.7. The Labute approximate surface area is 89.6 Å². The van der Waals surface area contributed by atoms with E-state index in [1.54, 1.807) is 0 Å². The van der Waals surface area contributed by atoms with E-state index in [9.17, 15) is 0 Å². The zero-order valence-electron chi connectivity index (χ0n) is 7.30. The molecule has 1 aliphatic rings. The quantitative estimate of drug-likeness (QED) is 0.740. The van der Waals surface area contributed by atoms with Crippen LogP contribution in [0.4, 0.5) is 0 Å². The summed E-state index contributed by atoms with van der Waals surface area (Å²) < 4.78 is 12.1. The number of hydrogen-bond donors (Lipinski definition) is 0. The molecule has 1 heterocycles. The van der Waals surface area contributed by atoms with Gasteiger partial charge in [-0.05, 0) is 58.7 Å². The fourth-order valence-electron chi connectivity index (χ4n) is 1.26. The van der Waals surface area contributed by atoms with Crippen molar-refractivity contribution in [2.75, 3.05) is 0 Å². The number of hydrogen-bond acceptors (Lipinski definition) is 2. The molecule has 0 aromatic rings. The van der Waals surface area contributed by atoms with Crippen LogP contribution < -0.4 is 0 Å². The Bertz CT molecular complexity index is 197. The van der Waals surface area contributed by atoms with Crippen molar-refractivity contribution < 1.29 is 9.47 Å². The highest BCUT2D eigenvalue weighted by Gasteiger charge is 2.37. The van der Waals surface area contributed by atoms with Crippen molar-refractivity contribution in [2.45, 2.75) is 38.8 Å². The molecule has 0 aromatic carbocycles. The first-order valence-electron chi connectivity index (χ1n) is 3.79. The lowest BCUT2D eigenvalue weighted by Gasteiger charge is -2.15. The van der Waals surface area contributed by atoms with E-state index >= 15 is 0 Å². The molecule has 0 unspecified atom stereocenters. The second kappa shape index (κ2) is 3.78. The maximum atomic E-state index is 5.61. The third kappa shape index (κ3) is 2.83. The Morgan fingerprint density at radius 2 is 1.92 bits per heavy atom. The first-order valence-corrected chi connectivity index (χ1v) is 5.38. The van der Waals surface area contributed by atoms with Crippen LogP contribution in [0.15, 0.2) is 9.47 Å². The smallest absolute Gasteiger partial charge is 0.164 e. The Morgan fingerprint density at radius 3 is 2.25 bits per heavy atom. The Kier molecular flexibility index (Phi) is 3.37. The van der Waals surface area contributed by atoms with E-state index < -0.39 is 5.79 Å². The van der Waals surface area contributed by atoms with Crippen LogP contribution in [0.5, 0.6) is 0 Å². The van der Waals surface area contributed by atoms with Crippen molar-refractivity contribution in [3.63, 3.8) is 0 Å². The summed E-state index contributed by atoms with van der Waals surface area (Å²) in [5.74, 6) is -0.462. The molecule has 0 radical (unpaired) electrons. The monoisotopic (exact) mass is 298 g/mol. The molecule has 0 spiro atoms. The summed E-state index contributed by atoms with van der Waals surface area (Å²) in [6.07, 6.45) is 2.07. The fourth-order valence-corrected chi connectivity index (χ4v) is 1.78. The lowest BCUT2D eigenvalue weighted by atomic mass is 10.2. The largest absolute Gasteiger partial charge is 0.345 e. The van der Waals surface area contributed by atoms with Crippen LogP contribution >= 0.6 is 31.9 Å². The highest BCUT2D eigenvalue weighted by molar-refractivity contribution is 9.28. The number of halogens is 2. The van der Waals surface area contributed by atoms with Crippen molar-refractivity contribution in [2.24, 2.45) is 0 Å². The third-order valence-corrected chi connectivity index (χ3v) is 2.17. The fraction of sp³-hybridized carbons (Fsp3) is 0.750. The van der Waals surface area contributed by atoms with Gasteiger partial charge in [0.25, 0.3) is 0 Å². The average molecular weight is 300 g/mol. The van der Waals surface area contributed by atoms with E-state index in [4.69, 9.17) is 9.47 Å². The predicted molar refractivity (Wildman–Crippen MR) is 55.4 cm³/mol. The van der Waals surface area contributed by atoms with Gasteiger partial charge in [-0.1, -0.05) is 0 Å². The number of ether oxygens (including phenoxy) is 2. The average Bonchev–Trinajstić information content (AvgIpc) is 2.03. The lowest BCUT2D eigenvalue weighted by Crippen LogP contribution is -2.20. The van der Waals surface area contributed by atoms with Crippen molar-refractivity contribution in [3.8, 4) is 0 Å². The molecule has 0 bridgehead atoms. The molecule has 0 aliphatic carbocycles. The molecule has 0 aromatic heterocycles. The molecule has 0 N–H and O–H groups in total. The van der Waals surface area contributed by atoms with Gasteiger partial charge >= 0.3 is 0 Å². The molecule has 1 fully saturated rings. The van der Waals surface area contributed by atoms with Gasteiger partial charge in [0.05, 0.1) is 9.50 Å². The topological polar surface area (TPSA) is 18.5 Å². The maximum Gasteiger partial charge on any atom is 0.164 e. The summed E-state index contributed by atoms with van der Waals surface area (Å²) in [4.78, 5) is 0. The molecule has 70 valence electrons. The van der Waals surface area contributed by atoms with Crippen molar-refractivity contribution in [3.05, 3.63) is 9.47 Å². The highest BCUT2D eigenvalue weighted by atomic mass is 79.9. The van der Waals surface area contributed by atoms with Crippen LogP contribution in [0.1, 0.15) is 20.8 Å². The Morgan fingerprint density at radius 1 is 1.33 bits per heavy atom. The molecule has 1 rings (SSSR count). The molecule has 0 amide bonds. The molecular formula is C8H12Br2O2. The summed E-state index contributed by atoms with van der Waals surface area (Å²) in [5, 5.41) is 0. The van der Waals surface area contributed by atoms with Crippen LogP contribution in [0.2, 0.25) is 0 Å². The van der Waals surface area contributed by atoms with Crippen molar-refractivity contribution in [1.29, 1.82) is 0 Å². The summed E-state index contributed by atoms with van der Waals surface area (Å²) >= 11 is 6.58. The van der Waals surface area contributed by atoms with Gasteiger partial charge in [-0.2, -0.15) is 0 Å². The van der Waals surface area contributed by atoms with Gasteiger partial charge in [-0.3, -0.25) is 0 Å². The minimum Gasteiger partial charge on any atom is -0.345 e. The summed E-state index contributed by atoms with van der Waals surface area (Å²) in [6.45, 7) is 5.83. The molecular weight excluding hydrogens is 288 g/mol. The Hall–Kier alpha value is 0.620. The van der Waals surface area contributed by atoms with Crippen LogP contribution in [0, 0.1) is 0 Å².